The highest BCUT2D eigenvalue weighted by molar-refractivity contribution is 8.00. The van der Waals surface area contributed by atoms with Crippen LogP contribution in [0.5, 0.6) is 0 Å². The first-order valence-electron chi connectivity index (χ1n) is 5.46. The average molecular weight is 282 g/mol. The van der Waals surface area contributed by atoms with E-state index in [0.717, 1.165) is 21.8 Å². The molecule has 0 radical (unpaired) electrons. The lowest BCUT2D eigenvalue weighted by Gasteiger charge is -1.98. The quantitative estimate of drug-likeness (QED) is 0.621. The second-order valence-corrected chi connectivity index (χ2v) is 5.64. The Balaban J connectivity index is 1.80. The molecule has 1 N–H and O–H groups in total. The van der Waals surface area contributed by atoms with E-state index in [1.165, 1.54) is 5.56 Å². The van der Waals surface area contributed by atoms with Gasteiger partial charge in [-0.2, -0.15) is 0 Å². The van der Waals surface area contributed by atoms with E-state index in [4.69, 9.17) is 4.74 Å². The molecule has 96 valence electrons. The normalized spacial score (nSPS) is 10.5. The minimum absolute atomic E-state index is 0.664. The van der Waals surface area contributed by atoms with Crippen LogP contribution in [0.3, 0.4) is 0 Å². The molecule has 0 fully saturated rings. The minimum Gasteiger partial charge on any atom is -0.383 e. The molecule has 0 aliphatic rings. The number of anilines is 1. The van der Waals surface area contributed by atoms with Crippen molar-refractivity contribution in [2.24, 2.45) is 0 Å². The Hall–Kier alpha value is -1.18. The van der Waals surface area contributed by atoms with Crippen molar-refractivity contribution >= 4 is 28.2 Å². The largest absolute Gasteiger partial charge is 0.383 e. The van der Waals surface area contributed by atoms with Crippen molar-refractivity contribution in [3.05, 3.63) is 30.1 Å². The van der Waals surface area contributed by atoms with E-state index in [0.29, 0.717) is 6.61 Å². The molecule has 2 rings (SSSR count). The molecule has 0 unspecified atom stereocenters. The second-order valence-electron chi connectivity index (χ2n) is 3.44. The number of rotatable bonds is 7. The molecule has 0 bridgehead atoms. The zero-order valence-corrected chi connectivity index (χ0v) is 11.6. The van der Waals surface area contributed by atoms with E-state index >= 15 is 0 Å². The maximum atomic E-state index is 4.96. The Morgan fingerprint density at radius 3 is 3.17 bits per heavy atom. The summed E-state index contributed by atoms with van der Waals surface area (Å²) in [4.78, 5) is 4.08. The summed E-state index contributed by atoms with van der Waals surface area (Å²) in [6.45, 7) is 1.41. The van der Waals surface area contributed by atoms with Gasteiger partial charge in [0.05, 0.1) is 6.61 Å². The summed E-state index contributed by atoms with van der Waals surface area (Å²) in [6.07, 6.45) is 3.64. The molecule has 0 aliphatic carbocycles. The number of nitrogens with one attached hydrogen (secondary N) is 1. The van der Waals surface area contributed by atoms with E-state index < -0.39 is 0 Å². The van der Waals surface area contributed by atoms with Crippen LogP contribution in [0.25, 0.3) is 0 Å². The molecule has 0 aromatic carbocycles. The van der Waals surface area contributed by atoms with Crippen LogP contribution in [0.1, 0.15) is 5.56 Å². The maximum Gasteiger partial charge on any atom is 0.206 e. The van der Waals surface area contributed by atoms with Gasteiger partial charge in [0, 0.05) is 31.8 Å². The molecule has 0 saturated carbocycles. The minimum atomic E-state index is 0.664. The highest BCUT2D eigenvalue weighted by Crippen LogP contribution is 2.27. The number of hydrogen-bond acceptors (Lipinski definition) is 7. The van der Waals surface area contributed by atoms with Gasteiger partial charge in [-0.15, -0.1) is 10.2 Å². The first-order valence-corrected chi connectivity index (χ1v) is 7.26. The summed E-state index contributed by atoms with van der Waals surface area (Å²) >= 11 is 3.22. The van der Waals surface area contributed by atoms with Crippen molar-refractivity contribution in [1.29, 1.82) is 0 Å². The van der Waals surface area contributed by atoms with Gasteiger partial charge < -0.3 is 10.1 Å². The number of pyridine rings is 1. The summed E-state index contributed by atoms with van der Waals surface area (Å²) in [6, 6.07) is 3.99. The van der Waals surface area contributed by atoms with E-state index in [9.17, 15) is 0 Å². The van der Waals surface area contributed by atoms with Crippen LogP contribution in [0.4, 0.5) is 5.13 Å². The van der Waals surface area contributed by atoms with Gasteiger partial charge in [-0.1, -0.05) is 29.2 Å². The third-order valence-corrected chi connectivity index (χ3v) is 4.16. The number of methoxy groups -OCH3 is 1. The van der Waals surface area contributed by atoms with Crippen molar-refractivity contribution in [2.45, 2.75) is 10.1 Å². The SMILES string of the molecule is COCCNc1nnc(SCc2cccnc2)s1. The van der Waals surface area contributed by atoms with Crippen LogP contribution in [-0.4, -0.2) is 35.4 Å². The Labute approximate surface area is 114 Å². The monoisotopic (exact) mass is 282 g/mol. The zero-order valence-electron chi connectivity index (χ0n) is 10.00. The van der Waals surface area contributed by atoms with Crippen molar-refractivity contribution in [1.82, 2.24) is 15.2 Å². The molecule has 5 nitrogen and oxygen atoms in total. The fourth-order valence-corrected chi connectivity index (χ4v) is 2.94. The Bertz CT molecular complexity index is 463. The number of hydrogen-bond donors (Lipinski definition) is 1. The summed E-state index contributed by atoms with van der Waals surface area (Å²) in [5.74, 6) is 0.862. The molecule has 2 heterocycles. The molecule has 0 amide bonds. The van der Waals surface area contributed by atoms with Crippen LogP contribution < -0.4 is 5.32 Å². The lowest BCUT2D eigenvalue weighted by Crippen LogP contribution is -2.06. The van der Waals surface area contributed by atoms with E-state index in [1.54, 1.807) is 36.4 Å². The molecule has 7 heteroatoms. The second kappa shape index (κ2) is 7.30. The van der Waals surface area contributed by atoms with E-state index in [2.05, 4.69) is 26.6 Å². The highest BCUT2D eigenvalue weighted by atomic mass is 32.2. The fourth-order valence-electron chi connectivity index (χ4n) is 1.23. The van der Waals surface area contributed by atoms with Gasteiger partial charge in [0.1, 0.15) is 0 Å². The molecule has 0 aliphatic heterocycles. The van der Waals surface area contributed by atoms with Crippen molar-refractivity contribution in [3.63, 3.8) is 0 Å². The summed E-state index contributed by atoms with van der Waals surface area (Å²) < 4.78 is 5.91. The number of ether oxygens (including phenoxy) is 1. The van der Waals surface area contributed by atoms with Crippen LogP contribution in [-0.2, 0) is 10.5 Å². The lowest BCUT2D eigenvalue weighted by molar-refractivity contribution is 0.211. The van der Waals surface area contributed by atoms with Crippen LogP contribution in [0.2, 0.25) is 0 Å². The molecular formula is C11H14N4OS2. The lowest BCUT2D eigenvalue weighted by atomic mass is 10.3. The van der Waals surface area contributed by atoms with Crippen molar-refractivity contribution < 1.29 is 4.74 Å². The third kappa shape index (κ3) is 4.25. The molecule has 0 atom stereocenters. The van der Waals surface area contributed by atoms with Gasteiger partial charge in [0.15, 0.2) is 4.34 Å². The van der Waals surface area contributed by atoms with Crippen LogP contribution in [0, 0.1) is 0 Å². The fraction of sp³-hybridized carbons (Fsp3) is 0.364. The topological polar surface area (TPSA) is 59.9 Å². The zero-order chi connectivity index (χ0) is 12.6. The summed E-state index contributed by atoms with van der Waals surface area (Å²) in [5.41, 5.74) is 1.19. The van der Waals surface area contributed by atoms with E-state index in [1.807, 2.05) is 12.3 Å². The van der Waals surface area contributed by atoms with Crippen molar-refractivity contribution in [2.75, 3.05) is 25.6 Å². The van der Waals surface area contributed by atoms with Crippen LogP contribution in [0.15, 0.2) is 28.9 Å². The van der Waals surface area contributed by atoms with Gasteiger partial charge in [-0.25, -0.2) is 0 Å². The first-order chi connectivity index (χ1) is 8.88. The number of aromatic nitrogens is 3. The van der Waals surface area contributed by atoms with Gasteiger partial charge in [0.25, 0.3) is 0 Å². The highest BCUT2D eigenvalue weighted by Gasteiger charge is 2.04. The van der Waals surface area contributed by atoms with Gasteiger partial charge in [0.2, 0.25) is 5.13 Å². The summed E-state index contributed by atoms with van der Waals surface area (Å²) in [7, 11) is 1.68. The number of thioether (sulfide) groups is 1. The van der Waals surface area contributed by atoms with Gasteiger partial charge in [-0.3, -0.25) is 4.98 Å². The van der Waals surface area contributed by atoms with Crippen molar-refractivity contribution in [3.8, 4) is 0 Å². The molecule has 0 spiro atoms. The molecular weight excluding hydrogens is 268 g/mol. The van der Waals surface area contributed by atoms with E-state index in [-0.39, 0.29) is 0 Å². The predicted molar refractivity (Wildman–Crippen MR) is 74.1 cm³/mol. The van der Waals surface area contributed by atoms with Crippen LogP contribution >= 0.6 is 23.1 Å². The smallest absolute Gasteiger partial charge is 0.206 e. The van der Waals surface area contributed by atoms with Gasteiger partial charge >= 0.3 is 0 Å². The summed E-state index contributed by atoms with van der Waals surface area (Å²) in [5, 5.41) is 12.2. The predicted octanol–water partition coefficient (Wildman–Crippen LogP) is 2.28. The Morgan fingerprint density at radius 2 is 2.39 bits per heavy atom. The molecule has 18 heavy (non-hydrogen) atoms. The first kappa shape index (κ1) is 13.3. The molecule has 2 aromatic heterocycles. The maximum absolute atomic E-state index is 4.96. The molecule has 0 saturated heterocycles. The Kier molecular flexibility index (Phi) is 5.37. The Morgan fingerprint density at radius 1 is 1.44 bits per heavy atom. The number of nitrogens with zero attached hydrogens (tertiary/aromatic N) is 3. The third-order valence-electron chi connectivity index (χ3n) is 2.07. The molecule has 2 aromatic rings. The standard InChI is InChI=1S/C11H14N4OS2/c1-16-6-5-13-10-14-15-11(18-10)17-8-9-3-2-4-12-7-9/h2-4,7H,5-6,8H2,1H3,(H,13,14). The van der Waals surface area contributed by atoms with Gasteiger partial charge in [-0.05, 0) is 11.6 Å². The average Bonchev–Trinajstić information content (AvgIpc) is 2.86.